The van der Waals surface area contributed by atoms with Crippen molar-refractivity contribution in [1.82, 2.24) is 9.80 Å². The van der Waals surface area contributed by atoms with Crippen LogP contribution in [0, 0.1) is 0 Å². The Morgan fingerprint density at radius 1 is 0.853 bits per heavy atom. The molecule has 1 unspecified atom stereocenters. The van der Waals surface area contributed by atoms with E-state index in [0.717, 1.165) is 36.6 Å². The van der Waals surface area contributed by atoms with Crippen molar-refractivity contribution in [1.29, 1.82) is 0 Å². The Morgan fingerprint density at radius 2 is 1.56 bits per heavy atom. The molecular formula is C26H27BrCl3N3O. The van der Waals surface area contributed by atoms with Crippen LogP contribution in [0.5, 0.6) is 0 Å². The minimum atomic E-state index is -0.138. The van der Waals surface area contributed by atoms with Gasteiger partial charge >= 0.3 is 0 Å². The highest BCUT2D eigenvalue weighted by Gasteiger charge is 2.20. The Kier molecular flexibility index (Phi) is 10.4. The number of para-hydroxylation sites is 1. The first-order chi connectivity index (χ1) is 16.1. The number of anilines is 1. The number of ether oxygens (including phenoxy) is 1. The normalized spacial score (nSPS) is 13.6. The molecule has 4 nitrogen and oxygen atoms in total. The largest absolute Gasteiger partial charge is 0.383 e. The summed E-state index contributed by atoms with van der Waals surface area (Å²) in [5.41, 5.74) is 3.11. The van der Waals surface area contributed by atoms with Gasteiger partial charge < -0.3 is 19.9 Å². The molecule has 3 aromatic carbocycles. The zero-order valence-electron chi connectivity index (χ0n) is 18.5. The summed E-state index contributed by atoms with van der Waals surface area (Å²) < 4.78 is 6.33. The molecule has 0 radical (unpaired) electrons. The van der Waals surface area contributed by atoms with Gasteiger partial charge in [-0.2, -0.15) is 0 Å². The molecule has 34 heavy (non-hydrogen) atoms. The van der Waals surface area contributed by atoms with Gasteiger partial charge in [0, 0.05) is 52.8 Å². The Bertz CT molecular complexity index is 1070. The average Bonchev–Trinajstić information content (AvgIpc) is 3.26. The third-order valence-electron chi connectivity index (χ3n) is 5.45. The molecule has 0 bridgehead atoms. The molecule has 0 saturated heterocycles. The maximum absolute atomic E-state index is 6.35. The number of rotatable bonds is 10. The van der Waals surface area contributed by atoms with Gasteiger partial charge in [-0.3, -0.25) is 0 Å². The van der Waals surface area contributed by atoms with E-state index in [9.17, 15) is 0 Å². The fourth-order valence-electron chi connectivity index (χ4n) is 3.65. The Hall–Kier alpha value is -1.89. The maximum atomic E-state index is 6.35. The first-order valence-corrected chi connectivity index (χ1v) is 12.0. The number of hydrogen-bond acceptors (Lipinski definition) is 4. The highest BCUT2D eigenvalue weighted by molar-refractivity contribution is 8.93. The van der Waals surface area contributed by atoms with Crippen molar-refractivity contribution in [3.63, 3.8) is 0 Å². The first kappa shape index (κ1) is 26.7. The summed E-state index contributed by atoms with van der Waals surface area (Å²) in [5, 5.41) is 5.38. The van der Waals surface area contributed by atoms with Crippen LogP contribution >= 0.6 is 51.8 Å². The molecule has 1 N–H and O–H groups in total. The lowest BCUT2D eigenvalue weighted by Crippen LogP contribution is -2.32. The van der Waals surface area contributed by atoms with Gasteiger partial charge in [-0.15, -0.1) is 17.0 Å². The lowest BCUT2D eigenvalue weighted by Gasteiger charge is -2.27. The lowest BCUT2D eigenvalue weighted by molar-refractivity contribution is 0.0197. The van der Waals surface area contributed by atoms with E-state index in [2.05, 4.69) is 39.6 Å². The van der Waals surface area contributed by atoms with Crippen LogP contribution in [-0.4, -0.2) is 36.1 Å². The Balaban J connectivity index is 0.00000324. The zero-order chi connectivity index (χ0) is 23.0. The number of hydrogen-bond donors (Lipinski definition) is 1. The van der Waals surface area contributed by atoms with E-state index in [0.29, 0.717) is 28.2 Å². The molecule has 0 spiro atoms. The van der Waals surface area contributed by atoms with Crippen molar-refractivity contribution in [2.45, 2.75) is 12.7 Å². The fourth-order valence-corrected chi connectivity index (χ4v) is 4.24. The van der Waals surface area contributed by atoms with E-state index in [4.69, 9.17) is 39.5 Å². The molecule has 0 fully saturated rings. The second kappa shape index (κ2) is 13.3. The molecule has 8 heteroatoms. The highest BCUT2D eigenvalue weighted by Crippen LogP contribution is 2.27. The van der Waals surface area contributed by atoms with E-state index >= 15 is 0 Å². The minimum Gasteiger partial charge on any atom is -0.383 e. The predicted molar refractivity (Wildman–Crippen MR) is 148 cm³/mol. The van der Waals surface area contributed by atoms with Crippen LogP contribution in [0.25, 0.3) is 0 Å². The van der Waals surface area contributed by atoms with Crippen molar-refractivity contribution in [3.8, 4) is 0 Å². The van der Waals surface area contributed by atoms with Crippen LogP contribution in [0.15, 0.2) is 85.2 Å². The molecule has 0 saturated carbocycles. The van der Waals surface area contributed by atoms with Gasteiger partial charge in [-0.1, -0.05) is 71.2 Å². The molecule has 1 atom stereocenters. The van der Waals surface area contributed by atoms with E-state index in [1.807, 2.05) is 54.6 Å². The fraction of sp³-hybridized carbons (Fsp3) is 0.231. The van der Waals surface area contributed by atoms with Crippen LogP contribution < -0.4 is 5.32 Å². The molecule has 180 valence electrons. The van der Waals surface area contributed by atoms with Gasteiger partial charge in [-0.05, 0) is 47.5 Å². The molecule has 0 aliphatic carbocycles. The van der Waals surface area contributed by atoms with E-state index in [-0.39, 0.29) is 23.1 Å². The number of benzene rings is 3. The van der Waals surface area contributed by atoms with E-state index < -0.39 is 0 Å². The summed E-state index contributed by atoms with van der Waals surface area (Å²) in [6.07, 6.45) is 4.10. The molecule has 3 aromatic rings. The van der Waals surface area contributed by atoms with Crippen LogP contribution in [0.4, 0.5) is 5.69 Å². The molecule has 4 rings (SSSR count). The van der Waals surface area contributed by atoms with Crippen LogP contribution in [0.3, 0.4) is 0 Å². The minimum absolute atomic E-state index is 0. The molecular weight excluding hydrogens is 557 g/mol. The summed E-state index contributed by atoms with van der Waals surface area (Å²) in [6.45, 7) is 3.70. The van der Waals surface area contributed by atoms with Gasteiger partial charge in [0.05, 0.1) is 13.3 Å². The topological polar surface area (TPSA) is 27.7 Å². The molecule has 1 aliphatic heterocycles. The third-order valence-corrected chi connectivity index (χ3v) is 6.29. The second-order valence-corrected chi connectivity index (χ2v) is 9.18. The summed E-state index contributed by atoms with van der Waals surface area (Å²) in [7, 11) is 0. The van der Waals surface area contributed by atoms with Crippen molar-refractivity contribution in [2.24, 2.45) is 0 Å². The smallest absolute Gasteiger partial charge is 0.100 e. The number of halogens is 4. The van der Waals surface area contributed by atoms with E-state index in [1.54, 1.807) is 6.07 Å². The van der Waals surface area contributed by atoms with Gasteiger partial charge in [0.25, 0.3) is 0 Å². The third kappa shape index (κ3) is 7.82. The summed E-state index contributed by atoms with van der Waals surface area (Å²) in [5.74, 6) is 0. The van der Waals surface area contributed by atoms with E-state index in [1.165, 1.54) is 0 Å². The van der Waals surface area contributed by atoms with Crippen molar-refractivity contribution < 1.29 is 4.74 Å². The summed E-state index contributed by atoms with van der Waals surface area (Å²) >= 11 is 18.5. The molecule has 0 amide bonds. The maximum Gasteiger partial charge on any atom is 0.100 e. The second-order valence-electron chi connectivity index (χ2n) is 7.90. The average molecular weight is 584 g/mol. The van der Waals surface area contributed by atoms with Crippen molar-refractivity contribution >= 4 is 57.5 Å². The number of nitrogens with one attached hydrogen (secondary N) is 1. The quantitative estimate of drug-likeness (QED) is 0.266. The highest BCUT2D eigenvalue weighted by atomic mass is 79.9. The van der Waals surface area contributed by atoms with Crippen molar-refractivity contribution in [3.05, 3.63) is 111 Å². The predicted octanol–water partition coefficient (Wildman–Crippen LogP) is 7.64. The molecule has 1 aliphatic rings. The van der Waals surface area contributed by atoms with Crippen molar-refractivity contribution in [2.75, 3.05) is 31.6 Å². The van der Waals surface area contributed by atoms with Crippen LogP contribution in [0.2, 0.25) is 15.1 Å². The SMILES string of the molecule is Br.Clc1ccc(C(CN2C=CN(CCNc3ccccc3)C2)OCc2ccc(Cl)cc2Cl)cc1. The monoisotopic (exact) mass is 581 g/mol. The van der Waals surface area contributed by atoms with Crippen LogP contribution in [0.1, 0.15) is 17.2 Å². The van der Waals surface area contributed by atoms with Gasteiger partial charge in [0.15, 0.2) is 0 Å². The summed E-state index contributed by atoms with van der Waals surface area (Å²) in [6, 6.07) is 23.5. The zero-order valence-corrected chi connectivity index (χ0v) is 22.5. The molecule has 0 aromatic heterocycles. The first-order valence-electron chi connectivity index (χ1n) is 10.8. The van der Waals surface area contributed by atoms with Gasteiger partial charge in [-0.25, -0.2) is 0 Å². The Morgan fingerprint density at radius 3 is 2.29 bits per heavy atom. The number of nitrogens with zero attached hydrogens (tertiary/aromatic N) is 2. The molecule has 1 heterocycles. The van der Waals surface area contributed by atoms with Crippen LogP contribution in [-0.2, 0) is 11.3 Å². The Labute approximate surface area is 226 Å². The lowest BCUT2D eigenvalue weighted by atomic mass is 10.1. The van der Waals surface area contributed by atoms with Gasteiger partial charge in [0.2, 0.25) is 0 Å². The summed E-state index contributed by atoms with van der Waals surface area (Å²) in [4.78, 5) is 4.54. The standard InChI is InChI=1S/C26H26Cl3N3O.BrH/c27-22-9-6-20(7-10-22)26(33-18-21-8-11-23(28)16-25(21)29)17-32-15-14-31(19-32)13-12-30-24-4-2-1-3-5-24;/h1-11,14-16,26,30H,12-13,17-19H2;1H. The van der Waals surface area contributed by atoms with Gasteiger partial charge in [0.1, 0.15) is 6.10 Å².